The molecule has 0 radical (unpaired) electrons. The molecule has 0 spiro atoms. The van der Waals surface area contributed by atoms with Gasteiger partial charge in [0, 0.05) is 6.42 Å². The van der Waals surface area contributed by atoms with E-state index in [0.29, 0.717) is 18.8 Å². The number of rotatable bonds is 1. The van der Waals surface area contributed by atoms with E-state index in [4.69, 9.17) is 0 Å². The monoisotopic (exact) mass is 304 g/mol. The van der Waals surface area contributed by atoms with Crippen molar-refractivity contribution in [2.75, 3.05) is 0 Å². The van der Waals surface area contributed by atoms with Crippen molar-refractivity contribution in [1.82, 2.24) is 0 Å². The molecule has 0 aliphatic heterocycles. The summed E-state index contributed by atoms with van der Waals surface area (Å²) in [5.74, 6) is 0.656. The average Bonchev–Trinajstić information content (AvgIpc) is 2.35. The molecule has 3 aliphatic carbocycles. The topological polar surface area (TPSA) is 37.3 Å². The summed E-state index contributed by atoms with van der Waals surface area (Å²) in [7, 11) is 0. The van der Waals surface area contributed by atoms with Crippen molar-refractivity contribution in [2.24, 2.45) is 28.1 Å². The fourth-order valence-corrected chi connectivity index (χ4v) is 6.65. The molecular weight excluding hydrogens is 272 g/mol. The van der Waals surface area contributed by atoms with E-state index in [9.17, 15) is 9.90 Å². The molecule has 3 aliphatic rings. The van der Waals surface area contributed by atoms with Gasteiger partial charge in [0.15, 0.2) is 0 Å². The Bertz CT molecular complexity index is 508. The summed E-state index contributed by atoms with van der Waals surface area (Å²) in [5.41, 5.74) is -0.811. The highest BCUT2D eigenvalue weighted by Gasteiger charge is 2.64. The Labute approximate surface area is 135 Å². The minimum atomic E-state index is -0.822. The number of hydrogen-bond donors (Lipinski definition) is 1. The van der Waals surface area contributed by atoms with Gasteiger partial charge in [-0.2, -0.15) is 0 Å². The van der Waals surface area contributed by atoms with Crippen LogP contribution in [0, 0.1) is 28.1 Å². The Morgan fingerprint density at radius 1 is 1.18 bits per heavy atom. The highest BCUT2D eigenvalue weighted by atomic mass is 16.3. The lowest BCUT2D eigenvalue weighted by molar-refractivity contribution is -0.201. The minimum absolute atomic E-state index is 0.0334. The van der Waals surface area contributed by atoms with Crippen LogP contribution in [0.2, 0.25) is 0 Å². The molecule has 3 saturated carbocycles. The van der Waals surface area contributed by atoms with E-state index in [2.05, 4.69) is 34.3 Å². The molecule has 0 aromatic heterocycles. The highest BCUT2D eigenvalue weighted by molar-refractivity contribution is 5.85. The van der Waals surface area contributed by atoms with Gasteiger partial charge < -0.3 is 5.11 Å². The van der Waals surface area contributed by atoms with Gasteiger partial charge in [-0.25, -0.2) is 0 Å². The number of carbonyl (C=O) groups excluding carboxylic acids is 1. The maximum Gasteiger partial charge on any atom is 0.140 e. The van der Waals surface area contributed by atoms with E-state index >= 15 is 0 Å². The zero-order chi connectivity index (χ0) is 16.4. The van der Waals surface area contributed by atoms with Gasteiger partial charge in [0.1, 0.15) is 5.78 Å². The molecule has 0 bridgehead atoms. The Balaban J connectivity index is 2.03. The summed E-state index contributed by atoms with van der Waals surface area (Å²) < 4.78 is 0. The number of allylic oxidation sites excluding steroid dienone is 1. The van der Waals surface area contributed by atoms with Gasteiger partial charge in [-0.3, -0.25) is 4.79 Å². The van der Waals surface area contributed by atoms with Crippen molar-refractivity contribution < 1.29 is 9.90 Å². The van der Waals surface area contributed by atoms with Crippen LogP contribution in [0.4, 0.5) is 0 Å². The van der Waals surface area contributed by atoms with Crippen molar-refractivity contribution in [3.05, 3.63) is 12.7 Å². The summed E-state index contributed by atoms with van der Waals surface area (Å²) in [6.45, 7) is 13.0. The van der Waals surface area contributed by atoms with Crippen molar-refractivity contribution in [3.8, 4) is 0 Å². The van der Waals surface area contributed by atoms with Gasteiger partial charge in [0.05, 0.1) is 11.5 Å². The fourth-order valence-electron chi connectivity index (χ4n) is 6.65. The maximum absolute atomic E-state index is 13.1. The van der Waals surface area contributed by atoms with Crippen LogP contribution in [0.1, 0.15) is 72.6 Å². The second-order valence-electron chi connectivity index (χ2n) is 9.65. The number of carbonyl (C=O) groups is 1. The molecule has 22 heavy (non-hydrogen) atoms. The quantitative estimate of drug-likeness (QED) is 0.723. The maximum atomic E-state index is 13.1. The number of ketones is 1. The van der Waals surface area contributed by atoms with Gasteiger partial charge in [-0.15, -0.1) is 6.58 Å². The predicted octanol–water partition coefficient (Wildman–Crippen LogP) is 4.52. The molecule has 0 amide bonds. The normalized spacial score (nSPS) is 50.9. The molecule has 0 aromatic rings. The van der Waals surface area contributed by atoms with Gasteiger partial charge in [0.2, 0.25) is 0 Å². The van der Waals surface area contributed by atoms with Crippen molar-refractivity contribution >= 4 is 5.78 Å². The molecule has 2 heteroatoms. The van der Waals surface area contributed by atoms with E-state index < -0.39 is 5.60 Å². The molecule has 3 fully saturated rings. The van der Waals surface area contributed by atoms with E-state index in [1.54, 1.807) is 0 Å². The van der Waals surface area contributed by atoms with Crippen molar-refractivity contribution in [3.63, 3.8) is 0 Å². The number of hydrogen-bond acceptors (Lipinski definition) is 2. The van der Waals surface area contributed by atoms with Crippen LogP contribution in [-0.2, 0) is 4.79 Å². The third-order valence-electron chi connectivity index (χ3n) is 7.44. The molecule has 1 N–H and O–H groups in total. The summed E-state index contributed by atoms with van der Waals surface area (Å²) in [4.78, 5) is 13.1. The average molecular weight is 304 g/mol. The number of fused-ring (bicyclic) bond motifs is 3. The fraction of sp³-hybridized carbons (Fsp3) is 0.850. The number of aliphatic hydroxyl groups is 1. The highest BCUT2D eigenvalue weighted by Crippen LogP contribution is 2.65. The van der Waals surface area contributed by atoms with E-state index in [1.807, 2.05) is 6.08 Å². The summed E-state index contributed by atoms with van der Waals surface area (Å²) >= 11 is 0. The first-order chi connectivity index (χ1) is 10.1. The minimum Gasteiger partial charge on any atom is -0.389 e. The van der Waals surface area contributed by atoms with E-state index in [1.165, 1.54) is 12.8 Å². The molecule has 2 nitrogen and oxygen atoms in total. The van der Waals surface area contributed by atoms with Crippen LogP contribution in [0.25, 0.3) is 0 Å². The molecule has 5 atom stereocenters. The second kappa shape index (κ2) is 4.69. The zero-order valence-corrected chi connectivity index (χ0v) is 14.7. The van der Waals surface area contributed by atoms with E-state index in [0.717, 1.165) is 19.3 Å². The molecule has 5 unspecified atom stereocenters. The third kappa shape index (κ3) is 2.13. The predicted molar refractivity (Wildman–Crippen MR) is 89.4 cm³/mol. The molecule has 0 aromatic carbocycles. The van der Waals surface area contributed by atoms with Crippen molar-refractivity contribution in [1.29, 1.82) is 0 Å². The Kier molecular flexibility index (Phi) is 3.46. The molecule has 0 saturated heterocycles. The first-order valence-electron chi connectivity index (χ1n) is 8.95. The van der Waals surface area contributed by atoms with Crippen LogP contribution in [0.15, 0.2) is 12.7 Å². The van der Waals surface area contributed by atoms with Crippen LogP contribution in [-0.4, -0.2) is 16.5 Å². The zero-order valence-electron chi connectivity index (χ0n) is 14.7. The van der Waals surface area contributed by atoms with Gasteiger partial charge in [-0.05, 0) is 54.3 Å². The first kappa shape index (κ1) is 16.2. The van der Waals surface area contributed by atoms with Gasteiger partial charge in [-0.1, -0.05) is 40.2 Å². The first-order valence-corrected chi connectivity index (χ1v) is 8.95. The summed E-state index contributed by atoms with van der Waals surface area (Å²) in [5, 5.41) is 11.4. The Hall–Kier alpha value is -0.630. The van der Waals surface area contributed by atoms with Crippen molar-refractivity contribution in [2.45, 2.75) is 78.2 Å². The third-order valence-corrected chi connectivity index (χ3v) is 7.44. The Morgan fingerprint density at radius 3 is 2.50 bits per heavy atom. The number of Topliss-reactive ketones (excluding diaryl/α,β-unsaturated/α-hetero) is 1. The lowest BCUT2D eigenvalue weighted by Gasteiger charge is -2.63. The molecule has 3 rings (SSSR count). The molecule has 124 valence electrons. The van der Waals surface area contributed by atoms with Gasteiger partial charge in [0.25, 0.3) is 0 Å². The SMILES string of the molecule is C=CC1(C)CC(=O)C2C(O)(CCC3C(C)(C)CCCC32C)C1. The lowest BCUT2D eigenvalue weighted by Crippen LogP contribution is -2.64. The molecule has 0 heterocycles. The van der Waals surface area contributed by atoms with E-state index in [-0.39, 0.29) is 27.9 Å². The van der Waals surface area contributed by atoms with Crippen LogP contribution < -0.4 is 0 Å². The van der Waals surface area contributed by atoms with Crippen LogP contribution >= 0.6 is 0 Å². The second-order valence-corrected chi connectivity index (χ2v) is 9.65. The van der Waals surface area contributed by atoms with Gasteiger partial charge >= 0.3 is 0 Å². The largest absolute Gasteiger partial charge is 0.389 e. The standard InChI is InChI=1S/C20H32O2/c1-6-18(4)12-14(21)16-19(5)10-7-9-17(2,3)15(19)8-11-20(16,22)13-18/h6,15-16,22H,1,7-13H2,2-5H3. The smallest absolute Gasteiger partial charge is 0.140 e. The van der Waals surface area contributed by atoms with Crippen LogP contribution in [0.5, 0.6) is 0 Å². The summed E-state index contributed by atoms with van der Waals surface area (Å²) in [6.07, 6.45) is 8.47. The Morgan fingerprint density at radius 2 is 1.86 bits per heavy atom. The summed E-state index contributed by atoms with van der Waals surface area (Å²) in [6, 6.07) is 0. The van der Waals surface area contributed by atoms with Crippen LogP contribution in [0.3, 0.4) is 0 Å². The molecular formula is C20H32O2. The lowest BCUT2D eigenvalue weighted by atomic mass is 9.42.